The fourth-order valence-electron chi connectivity index (χ4n) is 5.74. The molecule has 4 saturated carbocycles. The van der Waals surface area contributed by atoms with E-state index in [0.29, 0.717) is 30.0 Å². The van der Waals surface area contributed by atoms with Crippen LogP contribution in [0.1, 0.15) is 44.4 Å². The number of ether oxygens (including phenoxy) is 1. The van der Waals surface area contributed by atoms with Crippen molar-refractivity contribution < 1.29 is 19.1 Å². The molecular formula is C20H22N2O4. The van der Waals surface area contributed by atoms with Crippen molar-refractivity contribution in [2.24, 2.45) is 17.3 Å². The first-order valence-electron chi connectivity index (χ1n) is 9.31. The molecule has 4 bridgehead atoms. The summed E-state index contributed by atoms with van der Waals surface area (Å²) in [7, 11) is 0. The van der Waals surface area contributed by atoms with Gasteiger partial charge < -0.3 is 14.3 Å². The van der Waals surface area contributed by atoms with Gasteiger partial charge >= 0.3 is 5.97 Å². The van der Waals surface area contributed by atoms with Crippen molar-refractivity contribution in [2.75, 3.05) is 0 Å². The van der Waals surface area contributed by atoms with Gasteiger partial charge in [0.05, 0.1) is 11.0 Å². The second-order valence-electron chi connectivity index (χ2n) is 8.41. The summed E-state index contributed by atoms with van der Waals surface area (Å²) in [6.45, 7) is -0.0197. The first-order chi connectivity index (χ1) is 12.5. The first-order valence-corrected chi connectivity index (χ1v) is 9.31. The highest BCUT2D eigenvalue weighted by Crippen LogP contribution is 2.62. The summed E-state index contributed by atoms with van der Waals surface area (Å²) in [6.07, 6.45) is 5.02. The standard InChI is InChI=1S/C20H22N2O4/c23-18(19-7-13-6-14(8-19)10-20(24,9-13)12-19)25-11-16-21-22-17(26-16)15-4-2-1-3-5-15/h1-5,13-14,24H,6-12H2. The number of hydrogen-bond donors (Lipinski definition) is 1. The van der Waals surface area contributed by atoms with Crippen LogP contribution in [0.25, 0.3) is 11.5 Å². The second-order valence-corrected chi connectivity index (χ2v) is 8.41. The molecule has 0 spiro atoms. The number of carbonyl (C=O) groups excluding carboxylic acids is 1. The number of carbonyl (C=O) groups is 1. The van der Waals surface area contributed by atoms with Gasteiger partial charge in [-0.1, -0.05) is 18.2 Å². The highest BCUT2D eigenvalue weighted by atomic mass is 16.5. The number of hydrogen-bond acceptors (Lipinski definition) is 6. The SMILES string of the molecule is O=C(OCc1nnc(-c2ccccc2)o1)C12CC3CC(CC(O)(C3)C1)C2. The lowest BCUT2D eigenvalue weighted by atomic mass is 9.48. The fraction of sp³-hybridized carbons (Fsp3) is 0.550. The van der Waals surface area contributed by atoms with Crippen molar-refractivity contribution in [3.63, 3.8) is 0 Å². The molecule has 6 nitrogen and oxygen atoms in total. The number of nitrogens with zero attached hydrogens (tertiary/aromatic N) is 2. The Morgan fingerprint density at radius 3 is 2.58 bits per heavy atom. The van der Waals surface area contributed by atoms with E-state index in [2.05, 4.69) is 10.2 Å². The lowest BCUT2D eigenvalue weighted by Crippen LogP contribution is -2.58. The highest BCUT2D eigenvalue weighted by Gasteiger charge is 2.60. The minimum atomic E-state index is -0.673. The number of aromatic nitrogens is 2. The molecular weight excluding hydrogens is 332 g/mol. The smallest absolute Gasteiger partial charge is 0.312 e. The average molecular weight is 354 g/mol. The predicted molar refractivity (Wildman–Crippen MR) is 91.6 cm³/mol. The molecule has 2 unspecified atom stereocenters. The molecule has 0 aliphatic heterocycles. The Morgan fingerprint density at radius 1 is 1.15 bits per heavy atom. The molecule has 0 amide bonds. The maximum Gasteiger partial charge on any atom is 0.312 e. The van der Waals surface area contributed by atoms with Gasteiger partial charge in [-0.05, 0) is 62.5 Å². The van der Waals surface area contributed by atoms with Gasteiger partial charge in [-0.15, -0.1) is 10.2 Å². The number of aliphatic hydroxyl groups is 1. The van der Waals surface area contributed by atoms with Crippen molar-refractivity contribution in [3.05, 3.63) is 36.2 Å². The topological polar surface area (TPSA) is 85.5 Å². The van der Waals surface area contributed by atoms with E-state index in [9.17, 15) is 9.90 Å². The van der Waals surface area contributed by atoms with E-state index in [-0.39, 0.29) is 12.6 Å². The van der Waals surface area contributed by atoms with E-state index < -0.39 is 11.0 Å². The van der Waals surface area contributed by atoms with Crippen molar-refractivity contribution in [3.8, 4) is 11.5 Å². The Bertz CT molecular complexity index is 817. The van der Waals surface area contributed by atoms with Crippen LogP contribution in [-0.2, 0) is 16.1 Å². The van der Waals surface area contributed by atoms with Gasteiger partial charge in [0.2, 0.25) is 5.89 Å². The molecule has 6 heteroatoms. The normalized spacial score (nSPS) is 34.8. The molecule has 136 valence electrons. The predicted octanol–water partition coefficient (Wildman–Crippen LogP) is 3.11. The van der Waals surface area contributed by atoms with Crippen molar-refractivity contribution >= 4 is 5.97 Å². The van der Waals surface area contributed by atoms with Crippen molar-refractivity contribution in [1.29, 1.82) is 0 Å². The molecule has 2 atom stereocenters. The van der Waals surface area contributed by atoms with Gasteiger partial charge in [-0.2, -0.15) is 0 Å². The van der Waals surface area contributed by atoms with Gasteiger partial charge in [0, 0.05) is 5.56 Å². The van der Waals surface area contributed by atoms with Crippen LogP contribution in [0, 0.1) is 17.3 Å². The number of esters is 1. The molecule has 0 saturated heterocycles. The third kappa shape index (κ3) is 2.63. The largest absolute Gasteiger partial charge is 0.455 e. The lowest BCUT2D eigenvalue weighted by molar-refractivity contribution is -0.197. The second kappa shape index (κ2) is 5.64. The Morgan fingerprint density at radius 2 is 1.88 bits per heavy atom. The van der Waals surface area contributed by atoms with Crippen LogP contribution in [-0.4, -0.2) is 26.9 Å². The number of rotatable bonds is 4. The summed E-state index contributed by atoms with van der Waals surface area (Å²) >= 11 is 0. The molecule has 6 rings (SSSR count). The zero-order valence-corrected chi connectivity index (χ0v) is 14.6. The van der Waals surface area contributed by atoms with Crippen LogP contribution in [0.3, 0.4) is 0 Å². The van der Waals surface area contributed by atoms with E-state index in [1.807, 2.05) is 30.3 Å². The van der Waals surface area contributed by atoms with Gasteiger partial charge in [0.15, 0.2) is 6.61 Å². The van der Waals surface area contributed by atoms with E-state index in [4.69, 9.17) is 9.15 Å². The third-order valence-corrected chi connectivity index (χ3v) is 6.28. The maximum atomic E-state index is 12.9. The van der Waals surface area contributed by atoms with Crippen molar-refractivity contribution in [1.82, 2.24) is 10.2 Å². The fourth-order valence-corrected chi connectivity index (χ4v) is 5.74. The summed E-state index contributed by atoms with van der Waals surface area (Å²) in [5.41, 5.74) is -0.365. The number of benzene rings is 1. The van der Waals surface area contributed by atoms with Crippen molar-refractivity contribution in [2.45, 2.75) is 50.7 Å². The summed E-state index contributed by atoms with van der Waals surface area (Å²) in [5.74, 6) is 1.38. The molecule has 4 aliphatic rings. The van der Waals surface area contributed by atoms with Gasteiger partial charge in [0.25, 0.3) is 5.89 Å². The first kappa shape index (κ1) is 16.0. The lowest BCUT2D eigenvalue weighted by Gasteiger charge is -2.58. The molecule has 2 aromatic rings. The van der Waals surface area contributed by atoms with Crippen LogP contribution in [0.4, 0.5) is 0 Å². The third-order valence-electron chi connectivity index (χ3n) is 6.28. The van der Waals surface area contributed by atoms with E-state index in [0.717, 1.165) is 37.7 Å². The molecule has 4 fully saturated rings. The minimum Gasteiger partial charge on any atom is -0.455 e. The maximum absolute atomic E-state index is 12.9. The van der Waals surface area contributed by atoms with Crippen LogP contribution in [0.15, 0.2) is 34.7 Å². The quantitative estimate of drug-likeness (QED) is 0.849. The Labute approximate surface area is 151 Å². The van der Waals surface area contributed by atoms with Crippen LogP contribution < -0.4 is 0 Å². The zero-order chi connectivity index (χ0) is 17.8. The molecule has 1 heterocycles. The Kier molecular flexibility index (Phi) is 3.47. The molecule has 4 aliphatic carbocycles. The average Bonchev–Trinajstić information content (AvgIpc) is 3.07. The summed E-state index contributed by atoms with van der Waals surface area (Å²) in [5, 5.41) is 18.8. The summed E-state index contributed by atoms with van der Waals surface area (Å²) < 4.78 is 11.2. The Balaban J connectivity index is 1.28. The van der Waals surface area contributed by atoms with E-state index >= 15 is 0 Å². The molecule has 1 N–H and O–H groups in total. The molecule has 1 aromatic carbocycles. The highest BCUT2D eigenvalue weighted by molar-refractivity contribution is 5.77. The zero-order valence-electron chi connectivity index (χ0n) is 14.6. The van der Waals surface area contributed by atoms with E-state index in [1.165, 1.54) is 0 Å². The Hall–Kier alpha value is -2.21. The molecule has 1 aromatic heterocycles. The minimum absolute atomic E-state index is 0.0197. The molecule has 0 radical (unpaired) electrons. The van der Waals surface area contributed by atoms with Crippen LogP contribution in [0.2, 0.25) is 0 Å². The van der Waals surface area contributed by atoms with Gasteiger partial charge in [-0.3, -0.25) is 4.79 Å². The summed E-state index contributed by atoms with van der Waals surface area (Å²) in [4.78, 5) is 12.9. The monoisotopic (exact) mass is 354 g/mol. The van der Waals surface area contributed by atoms with E-state index in [1.54, 1.807) is 0 Å². The van der Waals surface area contributed by atoms with Gasteiger partial charge in [0.1, 0.15) is 0 Å². The van der Waals surface area contributed by atoms with Gasteiger partial charge in [-0.25, -0.2) is 0 Å². The molecule has 26 heavy (non-hydrogen) atoms. The van der Waals surface area contributed by atoms with Crippen LogP contribution >= 0.6 is 0 Å². The summed E-state index contributed by atoms with van der Waals surface area (Å²) in [6, 6.07) is 9.49. The van der Waals surface area contributed by atoms with Crippen LogP contribution in [0.5, 0.6) is 0 Å².